The summed E-state index contributed by atoms with van der Waals surface area (Å²) in [5.74, 6) is 3.34. The maximum Gasteiger partial charge on any atom is 0.296 e. The first kappa shape index (κ1) is 76.2. The second-order valence-corrected chi connectivity index (χ2v) is 26.2. The average molecular weight is 1790 g/mol. The molecule has 0 aliphatic carbocycles. The molecule has 0 saturated carbocycles. The standard InChI is InChI=1S/C20H13N2.C20H15N2.C16H13N2.C15H11N2.C12H11N2.2C5H8O2.2Ir/c1-2-9-16-14(7-1)15-8-5-6-13-12-21-17-10-3-4-11-18(17)22(16)20(21)19(13)15;1-2-9-16(10-3-1)22-19-13-7-6-12-18(19)21-14-15-8-4-5-11-17(15)20(21)22;1-2-7-14(8-3-1)18-11-10-17-12-13-6-4-5-9-15(13)16(17)18;1-3-7-13(8-4-1)15-16-11-12-17(15)14-9-5-2-6-10-14;1-9-8-13-12(10(2)14-9)11-6-4-3-5-7-11;2*1-4(6)3-5(2)7;;/h1-11H,12H2;1-13H,14H2;1-11H,12H2;1-7,9-12H;3-6,8H,1-2H3;2*3,6H,1-2H3;;/q3*+1;2*-1;;;;. The second-order valence-electron chi connectivity index (χ2n) is 26.2. The summed E-state index contributed by atoms with van der Waals surface area (Å²) in [6.45, 7) is 12.5. The molecule has 2 N–H and O–H groups in total. The summed E-state index contributed by atoms with van der Waals surface area (Å²) in [5, 5.41) is 20.8. The summed E-state index contributed by atoms with van der Waals surface area (Å²) in [4.78, 5) is 33.2. The molecule has 9 heterocycles. The average Bonchev–Trinajstić information content (AvgIpc) is 1.52. The Morgan fingerprint density at radius 1 is 0.459 bits per heavy atom. The third kappa shape index (κ3) is 16.6. The molecule has 3 aliphatic heterocycles. The molecule has 0 bridgehead atoms. The molecule has 0 saturated heterocycles. The van der Waals surface area contributed by atoms with Gasteiger partial charge >= 0.3 is 0 Å². The van der Waals surface area contributed by atoms with E-state index in [1.807, 2.05) is 99.0 Å². The van der Waals surface area contributed by atoms with E-state index in [4.69, 9.17) is 10.2 Å². The van der Waals surface area contributed by atoms with Gasteiger partial charge in [-0.1, -0.05) is 152 Å². The zero-order valence-electron chi connectivity index (χ0n) is 61.1. The van der Waals surface area contributed by atoms with Crippen molar-refractivity contribution in [3.8, 4) is 62.5 Å². The number of nitrogens with zero attached hydrogens (tertiary/aromatic N) is 10. The number of benzene rings is 11. The Hall–Kier alpha value is -12.4. The Balaban J connectivity index is 0.000000122. The van der Waals surface area contributed by atoms with Crippen LogP contribution in [0.3, 0.4) is 0 Å². The van der Waals surface area contributed by atoms with Crippen LogP contribution >= 0.6 is 0 Å². The largest absolute Gasteiger partial charge is 0.512 e. The van der Waals surface area contributed by atoms with E-state index in [1.54, 1.807) is 6.20 Å². The van der Waals surface area contributed by atoms with Crippen molar-refractivity contribution in [2.45, 2.75) is 61.2 Å². The maximum atomic E-state index is 10.0. The van der Waals surface area contributed by atoms with E-state index in [9.17, 15) is 9.59 Å². The monoisotopic (exact) mass is 1790 g/mol. The van der Waals surface area contributed by atoms with E-state index < -0.39 is 0 Å². The fourth-order valence-corrected chi connectivity index (χ4v) is 14.2. The van der Waals surface area contributed by atoms with Gasteiger partial charge in [-0.2, -0.15) is 13.5 Å². The van der Waals surface area contributed by atoms with E-state index in [0.29, 0.717) is 0 Å². The molecule has 14 nitrogen and oxygen atoms in total. The molecule has 6 aromatic heterocycles. The summed E-state index contributed by atoms with van der Waals surface area (Å²) >= 11 is 0. The van der Waals surface area contributed by atoms with Gasteiger partial charge in [-0.25, -0.2) is 13.7 Å². The molecule has 2 radical (unpaired) electrons. The molecular formula is C93H79Ir2N10O4+. The van der Waals surface area contributed by atoms with Crippen molar-refractivity contribution in [3.63, 3.8) is 0 Å². The van der Waals surface area contributed by atoms with Gasteiger partial charge in [0.2, 0.25) is 0 Å². The summed E-state index contributed by atoms with van der Waals surface area (Å²) in [7, 11) is 0. The van der Waals surface area contributed by atoms with E-state index >= 15 is 0 Å². The number of aromatic nitrogens is 10. The molecule has 0 amide bonds. The SMILES string of the molecule is CC(=O)C=C(C)O.CC(=O)C=C(C)O.Cc1cnc(-c2[c-]cccc2)c(C)n1.[Ir].[Ir].[c-]1ccccc1-c1nccn1-c1ccccc1.c1cc2c3c(c1)c1ccccc1n1c4ccccc4[n+](c31)C2.c1ccc(-n2c3[n+](c4ccccc42)Cc2ccccc2-3)cc1.c1ccc(-n2cc[n+]3c2-c2ccccc2C3)cc1. The normalized spacial score (nSPS) is 11.6. The molecule has 0 atom stereocenters. The minimum atomic E-state index is -0.125. The van der Waals surface area contributed by atoms with Gasteiger partial charge in [-0.15, -0.1) is 71.8 Å². The molecule has 0 spiro atoms. The topological polar surface area (TPSA) is 144 Å². The van der Waals surface area contributed by atoms with Gasteiger partial charge in [0.1, 0.15) is 48.9 Å². The van der Waals surface area contributed by atoms with Crippen molar-refractivity contribution < 1.29 is 73.7 Å². The number of para-hydroxylation sites is 8. The summed E-state index contributed by atoms with van der Waals surface area (Å²) in [6, 6.07) is 103. The van der Waals surface area contributed by atoms with Crippen LogP contribution in [0.25, 0.3) is 112 Å². The van der Waals surface area contributed by atoms with Crippen LogP contribution in [0.4, 0.5) is 0 Å². The second kappa shape index (κ2) is 34.9. The predicted octanol–water partition coefficient (Wildman–Crippen LogP) is 18.8. The van der Waals surface area contributed by atoms with Gasteiger partial charge < -0.3 is 19.8 Å². The van der Waals surface area contributed by atoms with Gasteiger partial charge in [0, 0.05) is 115 Å². The molecule has 542 valence electrons. The first-order valence-corrected chi connectivity index (χ1v) is 35.5. The van der Waals surface area contributed by atoms with Crippen LogP contribution in [-0.4, -0.2) is 54.8 Å². The van der Waals surface area contributed by atoms with Crippen LogP contribution < -0.4 is 13.7 Å². The fraction of sp³-hybridized carbons (Fsp3) is 0.0968. The Labute approximate surface area is 660 Å². The van der Waals surface area contributed by atoms with E-state index in [-0.39, 0.29) is 63.3 Å². The number of carbonyl (C=O) groups is 2. The van der Waals surface area contributed by atoms with E-state index in [0.717, 1.165) is 59.4 Å². The van der Waals surface area contributed by atoms with Gasteiger partial charge in [0.05, 0.1) is 39.5 Å². The van der Waals surface area contributed by atoms with E-state index in [2.05, 4.69) is 278 Å². The van der Waals surface area contributed by atoms with Gasteiger partial charge in [0.15, 0.2) is 33.6 Å². The third-order valence-electron chi connectivity index (χ3n) is 18.5. The van der Waals surface area contributed by atoms with Crippen molar-refractivity contribution in [1.82, 2.24) is 33.1 Å². The minimum absolute atomic E-state index is 0. The van der Waals surface area contributed by atoms with Crippen molar-refractivity contribution in [1.29, 1.82) is 0 Å². The number of carbonyl (C=O) groups excluding carboxylic acids is 2. The van der Waals surface area contributed by atoms with Crippen LogP contribution in [-0.2, 0) is 69.4 Å². The van der Waals surface area contributed by atoms with Gasteiger partial charge in [-0.05, 0) is 120 Å². The Morgan fingerprint density at radius 2 is 0.954 bits per heavy atom. The maximum absolute atomic E-state index is 10.0. The van der Waals surface area contributed by atoms with Crippen LogP contribution in [0.5, 0.6) is 0 Å². The van der Waals surface area contributed by atoms with Crippen molar-refractivity contribution in [2.24, 2.45) is 0 Å². The summed E-state index contributed by atoms with van der Waals surface area (Å²) in [6.07, 6.45) is 12.2. The Bertz CT molecular complexity index is 6040. The first-order valence-electron chi connectivity index (χ1n) is 35.5. The van der Waals surface area contributed by atoms with Gasteiger partial charge in [0.25, 0.3) is 17.3 Å². The molecule has 3 aliphatic rings. The van der Waals surface area contributed by atoms with Crippen LogP contribution in [0, 0.1) is 26.0 Å². The molecular weight excluding hydrogens is 1710 g/mol. The molecule has 11 aromatic carbocycles. The van der Waals surface area contributed by atoms with Crippen LogP contribution in [0.15, 0.2) is 334 Å². The summed E-state index contributed by atoms with van der Waals surface area (Å²) < 4.78 is 16.3. The number of aryl methyl sites for hydroxylation is 2. The first-order chi connectivity index (χ1) is 52.3. The number of aliphatic hydroxyl groups is 2. The molecule has 17 aromatic rings. The number of ketones is 2. The molecule has 0 unspecified atom stereocenters. The van der Waals surface area contributed by atoms with Crippen molar-refractivity contribution in [2.75, 3.05) is 0 Å². The summed E-state index contributed by atoms with van der Waals surface area (Å²) in [5.41, 5.74) is 23.0. The van der Waals surface area contributed by atoms with Crippen molar-refractivity contribution in [3.05, 3.63) is 374 Å². The molecule has 16 heteroatoms. The smallest absolute Gasteiger partial charge is 0.296 e. The quantitative estimate of drug-likeness (QED) is 0.0531. The number of hydrogen-bond acceptors (Lipinski definition) is 7. The molecule has 0 fully saturated rings. The van der Waals surface area contributed by atoms with Gasteiger partial charge in [-0.3, -0.25) is 19.6 Å². The van der Waals surface area contributed by atoms with E-state index in [1.165, 1.54) is 140 Å². The predicted molar refractivity (Wildman–Crippen MR) is 425 cm³/mol. The van der Waals surface area contributed by atoms with Crippen LogP contribution in [0.2, 0.25) is 0 Å². The minimum Gasteiger partial charge on any atom is -0.512 e. The third-order valence-corrected chi connectivity index (χ3v) is 18.5. The fourth-order valence-electron chi connectivity index (χ4n) is 14.2. The number of fused-ring (bicyclic) bond motifs is 14. The van der Waals surface area contributed by atoms with Crippen molar-refractivity contribution >= 4 is 61.0 Å². The number of allylic oxidation sites excluding steroid dienone is 4. The molecule has 109 heavy (non-hydrogen) atoms. The number of pyridine rings is 1. The molecule has 20 rings (SSSR count). The Kier molecular flexibility index (Phi) is 24.4. The number of aliphatic hydroxyl groups excluding tert-OH is 2. The number of rotatable bonds is 7. The zero-order valence-corrected chi connectivity index (χ0v) is 65.9. The Morgan fingerprint density at radius 3 is 1.55 bits per heavy atom. The van der Waals surface area contributed by atoms with Crippen LogP contribution in [0.1, 0.15) is 55.8 Å². The number of imidazole rings is 4. The number of hydrogen-bond donors (Lipinski definition) is 2. The zero-order chi connectivity index (χ0) is 73.9.